The van der Waals surface area contributed by atoms with Crippen molar-refractivity contribution in [3.05, 3.63) is 0 Å². The minimum Gasteiger partial charge on any atom is -0.340 e. The minimum absolute atomic E-state index is 0. The van der Waals surface area contributed by atoms with Crippen LogP contribution in [0.15, 0.2) is 0 Å². The second kappa shape index (κ2) is 6.88. The summed E-state index contributed by atoms with van der Waals surface area (Å²) in [5.74, 6) is 0.249. The van der Waals surface area contributed by atoms with Crippen LogP contribution in [0.1, 0.15) is 12.8 Å². The molecule has 2 heterocycles. The van der Waals surface area contributed by atoms with E-state index in [1.54, 1.807) is 4.90 Å². The first-order valence-electron chi connectivity index (χ1n) is 6.43. The van der Waals surface area contributed by atoms with Gasteiger partial charge in [-0.15, -0.1) is 12.4 Å². The lowest BCUT2D eigenvalue weighted by atomic mass is 9.98. The summed E-state index contributed by atoms with van der Waals surface area (Å²) in [6.07, 6.45) is 3.20. The molecule has 1 N–H and O–H groups in total. The molecule has 0 bridgehead atoms. The fourth-order valence-corrected chi connectivity index (χ4v) is 3.39. The molecule has 0 aromatic carbocycles. The van der Waals surface area contributed by atoms with Crippen molar-refractivity contribution in [2.45, 2.75) is 12.8 Å². The van der Waals surface area contributed by atoms with Gasteiger partial charge in [-0.1, -0.05) is 0 Å². The van der Waals surface area contributed by atoms with Gasteiger partial charge in [-0.25, -0.2) is 8.42 Å². The van der Waals surface area contributed by atoms with Crippen LogP contribution in [0.5, 0.6) is 0 Å². The van der Waals surface area contributed by atoms with E-state index in [0.29, 0.717) is 26.2 Å². The highest BCUT2D eigenvalue weighted by Crippen LogP contribution is 2.15. The maximum atomic E-state index is 12.2. The van der Waals surface area contributed by atoms with Gasteiger partial charge in [0.2, 0.25) is 15.9 Å². The molecule has 19 heavy (non-hydrogen) atoms. The summed E-state index contributed by atoms with van der Waals surface area (Å²) in [7, 11) is -3.12. The average molecular weight is 312 g/mol. The fourth-order valence-electron chi connectivity index (χ4n) is 2.56. The Kier molecular flexibility index (Phi) is 6.04. The average Bonchev–Trinajstić information content (AvgIpc) is 2.38. The number of carbonyl (C=O) groups is 1. The second-order valence-electron chi connectivity index (χ2n) is 5.03. The third-order valence-corrected chi connectivity index (χ3v) is 4.97. The number of amides is 1. The molecule has 1 amide bonds. The van der Waals surface area contributed by atoms with Gasteiger partial charge in [-0.2, -0.15) is 4.31 Å². The van der Waals surface area contributed by atoms with Crippen LogP contribution in [0.25, 0.3) is 0 Å². The van der Waals surface area contributed by atoms with Crippen molar-refractivity contribution in [3.8, 4) is 0 Å². The number of hydrogen-bond acceptors (Lipinski definition) is 4. The smallest absolute Gasteiger partial charge is 0.227 e. The van der Waals surface area contributed by atoms with Crippen LogP contribution >= 0.6 is 12.4 Å². The lowest BCUT2D eigenvalue weighted by Crippen LogP contribution is -2.53. The summed E-state index contributed by atoms with van der Waals surface area (Å²) in [5, 5.41) is 3.23. The third kappa shape index (κ3) is 4.30. The molecule has 0 spiro atoms. The predicted molar refractivity (Wildman–Crippen MR) is 75.8 cm³/mol. The molecular weight excluding hydrogens is 290 g/mol. The van der Waals surface area contributed by atoms with Crippen molar-refractivity contribution < 1.29 is 13.2 Å². The third-order valence-electron chi connectivity index (χ3n) is 3.67. The van der Waals surface area contributed by atoms with Gasteiger partial charge in [0.05, 0.1) is 12.2 Å². The standard InChI is InChI=1S/C11H21N3O3S.ClH/c1-18(16,17)14-7-5-13(6-8-14)11(15)10-3-2-4-12-9-10;/h10,12H,2-9H2,1H3;1H. The van der Waals surface area contributed by atoms with Crippen molar-refractivity contribution in [2.75, 3.05) is 45.5 Å². The van der Waals surface area contributed by atoms with Crippen LogP contribution in [0.3, 0.4) is 0 Å². The number of rotatable bonds is 2. The largest absolute Gasteiger partial charge is 0.340 e. The minimum atomic E-state index is -3.12. The van der Waals surface area contributed by atoms with Crippen molar-refractivity contribution in [1.82, 2.24) is 14.5 Å². The molecule has 1 unspecified atom stereocenters. The number of nitrogens with zero attached hydrogens (tertiary/aromatic N) is 2. The Morgan fingerprint density at radius 2 is 1.84 bits per heavy atom. The van der Waals surface area contributed by atoms with Crippen LogP contribution in [0.4, 0.5) is 0 Å². The van der Waals surface area contributed by atoms with Gasteiger partial charge < -0.3 is 10.2 Å². The molecule has 0 radical (unpaired) electrons. The zero-order chi connectivity index (χ0) is 13.2. The second-order valence-corrected chi connectivity index (χ2v) is 7.01. The van der Waals surface area contributed by atoms with Gasteiger partial charge in [0, 0.05) is 32.7 Å². The Morgan fingerprint density at radius 3 is 2.32 bits per heavy atom. The number of nitrogens with one attached hydrogen (secondary N) is 1. The van der Waals surface area contributed by atoms with Crippen LogP contribution in [-0.2, 0) is 14.8 Å². The van der Waals surface area contributed by atoms with Gasteiger partial charge in [0.25, 0.3) is 0 Å². The van der Waals surface area contributed by atoms with E-state index in [1.165, 1.54) is 10.6 Å². The van der Waals surface area contributed by atoms with Crippen molar-refractivity contribution in [3.63, 3.8) is 0 Å². The highest BCUT2D eigenvalue weighted by atomic mass is 35.5. The van der Waals surface area contributed by atoms with E-state index < -0.39 is 10.0 Å². The molecular formula is C11H22ClN3O3S. The summed E-state index contributed by atoms with van der Waals surface area (Å²) < 4.78 is 24.2. The van der Waals surface area contributed by atoms with E-state index in [9.17, 15) is 13.2 Å². The summed E-state index contributed by atoms with van der Waals surface area (Å²) in [6, 6.07) is 0. The van der Waals surface area contributed by atoms with Gasteiger partial charge in [-0.05, 0) is 19.4 Å². The fraction of sp³-hybridized carbons (Fsp3) is 0.909. The molecule has 0 saturated carbocycles. The highest BCUT2D eigenvalue weighted by Gasteiger charge is 2.30. The molecule has 8 heteroatoms. The van der Waals surface area contributed by atoms with Crippen LogP contribution < -0.4 is 5.32 Å². The van der Waals surface area contributed by atoms with Crippen molar-refractivity contribution in [2.24, 2.45) is 5.92 Å². The molecule has 112 valence electrons. The summed E-state index contributed by atoms with van der Waals surface area (Å²) in [6.45, 7) is 3.62. The highest BCUT2D eigenvalue weighted by molar-refractivity contribution is 7.88. The van der Waals surface area contributed by atoms with E-state index in [-0.39, 0.29) is 24.2 Å². The molecule has 6 nitrogen and oxygen atoms in total. The molecule has 2 aliphatic rings. The van der Waals surface area contributed by atoms with Crippen molar-refractivity contribution >= 4 is 28.3 Å². The first-order valence-corrected chi connectivity index (χ1v) is 8.28. The molecule has 0 aromatic rings. The monoisotopic (exact) mass is 311 g/mol. The predicted octanol–water partition coefficient (Wildman–Crippen LogP) is -0.488. The Morgan fingerprint density at radius 1 is 1.21 bits per heavy atom. The first-order chi connectivity index (χ1) is 8.48. The summed E-state index contributed by atoms with van der Waals surface area (Å²) in [4.78, 5) is 14.0. The van der Waals surface area contributed by atoms with E-state index in [1.807, 2.05) is 0 Å². The van der Waals surface area contributed by atoms with E-state index in [4.69, 9.17) is 0 Å². The Balaban J connectivity index is 0.00000180. The number of hydrogen-bond donors (Lipinski definition) is 1. The van der Waals surface area contributed by atoms with Gasteiger partial charge in [-0.3, -0.25) is 4.79 Å². The van der Waals surface area contributed by atoms with Crippen LogP contribution in [0, 0.1) is 5.92 Å². The van der Waals surface area contributed by atoms with E-state index >= 15 is 0 Å². The van der Waals surface area contributed by atoms with E-state index in [0.717, 1.165) is 25.9 Å². The molecule has 0 aliphatic carbocycles. The normalized spacial score (nSPS) is 25.7. The van der Waals surface area contributed by atoms with Gasteiger partial charge in [0.15, 0.2) is 0 Å². The lowest BCUT2D eigenvalue weighted by Gasteiger charge is -2.36. The first kappa shape index (κ1) is 16.7. The Hall–Kier alpha value is -0.370. The molecule has 2 aliphatic heterocycles. The Labute approximate surface area is 121 Å². The molecule has 1 atom stereocenters. The SMILES string of the molecule is CS(=O)(=O)N1CCN(C(=O)C2CCCNC2)CC1.Cl. The number of piperidine rings is 1. The van der Waals surface area contributed by atoms with Gasteiger partial charge in [0.1, 0.15) is 0 Å². The quantitative estimate of drug-likeness (QED) is 0.747. The molecule has 2 rings (SSSR count). The zero-order valence-electron chi connectivity index (χ0n) is 11.2. The Bertz CT molecular complexity index is 401. The molecule has 2 saturated heterocycles. The van der Waals surface area contributed by atoms with Crippen molar-refractivity contribution in [1.29, 1.82) is 0 Å². The molecule has 0 aromatic heterocycles. The van der Waals surface area contributed by atoms with Gasteiger partial charge >= 0.3 is 0 Å². The van der Waals surface area contributed by atoms with Crippen LogP contribution in [-0.4, -0.2) is 69.1 Å². The number of halogens is 1. The zero-order valence-corrected chi connectivity index (χ0v) is 12.8. The maximum Gasteiger partial charge on any atom is 0.227 e. The number of piperazine rings is 1. The number of sulfonamides is 1. The maximum absolute atomic E-state index is 12.2. The number of carbonyl (C=O) groups excluding carboxylic acids is 1. The topological polar surface area (TPSA) is 69.7 Å². The van der Waals surface area contributed by atoms with Crippen LogP contribution in [0.2, 0.25) is 0 Å². The summed E-state index contributed by atoms with van der Waals surface area (Å²) >= 11 is 0. The molecule has 2 fully saturated rings. The summed E-state index contributed by atoms with van der Waals surface area (Å²) in [5.41, 5.74) is 0. The van der Waals surface area contributed by atoms with E-state index in [2.05, 4.69) is 5.32 Å². The lowest BCUT2D eigenvalue weighted by molar-refractivity contribution is -0.137.